The highest BCUT2D eigenvalue weighted by atomic mass is 32.2. The zero-order valence-electron chi connectivity index (χ0n) is 10.6. The lowest BCUT2D eigenvalue weighted by Gasteiger charge is -2.17. The van der Waals surface area contributed by atoms with Crippen molar-refractivity contribution >= 4 is 29.4 Å². The molecule has 1 saturated heterocycles. The van der Waals surface area contributed by atoms with Crippen LogP contribution < -0.4 is 5.32 Å². The summed E-state index contributed by atoms with van der Waals surface area (Å²) in [4.78, 5) is 25.5. The van der Waals surface area contributed by atoms with Crippen molar-refractivity contribution < 1.29 is 14.7 Å². The third-order valence-electron chi connectivity index (χ3n) is 3.15. The van der Waals surface area contributed by atoms with E-state index in [0.29, 0.717) is 13.0 Å². The van der Waals surface area contributed by atoms with Crippen molar-refractivity contribution in [2.75, 3.05) is 24.7 Å². The lowest BCUT2D eigenvalue weighted by atomic mass is 10.1. The minimum Gasteiger partial charge on any atom is -0.481 e. The van der Waals surface area contributed by atoms with Gasteiger partial charge in [0.05, 0.1) is 5.92 Å². The molecule has 0 aromatic heterocycles. The van der Waals surface area contributed by atoms with E-state index in [1.807, 2.05) is 30.5 Å². The van der Waals surface area contributed by atoms with Gasteiger partial charge in [-0.3, -0.25) is 4.79 Å². The second kappa shape index (κ2) is 5.97. The smallest absolute Gasteiger partial charge is 0.321 e. The average molecular weight is 280 g/mol. The highest BCUT2D eigenvalue weighted by Gasteiger charge is 2.30. The molecule has 5 nitrogen and oxygen atoms in total. The molecule has 1 heterocycles. The van der Waals surface area contributed by atoms with E-state index in [0.717, 1.165) is 10.6 Å². The Morgan fingerprint density at radius 1 is 1.47 bits per heavy atom. The minimum atomic E-state index is -0.834. The summed E-state index contributed by atoms with van der Waals surface area (Å²) in [6, 6.07) is 7.33. The molecular weight excluding hydrogens is 264 g/mol. The van der Waals surface area contributed by atoms with Crippen molar-refractivity contribution in [1.82, 2.24) is 4.90 Å². The maximum atomic E-state index is 12.0. The number of carbonyl (C=O) groups excluding carboxylic acids is 1. The number of carbonyl (C=O) groups is 2. The molecule has 6 heteroatoms. The third-order valence-corrected chi connectivity index (χ3v) is 3.87. The Balaban J connectivity index is 1.96. The van der Waals surface area contributed by atoms with Gasteiger partial charge in [-0.25, -0.2) is 4.79 Å². The first-order valence-corrected chi connectivity index (χ1v) is 7.25. The van der Waals surface area contributed by atoms with E-state index in [2.05, 4.69) is 5.32 Å². The summed E-state index contributed by atoms with van der Waals surface area (Å²) in [5, 5.41) is 11.7. The van der Waals surface area contributed by atoms with E-state index in [4.69, 9.17) is 5.11 Å². The third kappa shape index (κ3) is 3.41. The highest BCUT2D eigenvalue weighted by molar-refractivity contribution is 7.98. The van der Waals surface area contributed by atoms with Crippen LogP contribution in [-0.4, -0.2) is 41.4 Å². The molecule has 1 unspecified atom stereocenters. The first-order chi connectivity index (χ1) is 9.10. The minimum absolute atomic E-state index is 0.234. The van der Waals surface area contributed by atoms with Gasteiger partial charge in [-0.05, 0) is 30.9 Å². The summed E-state index contributed by atoms with van der Waals surface area (Å²) < 4.78 is 0. The number of carboxylic acid groups (broad SMARTS) is 1. The van der Waals surface area contributed by atoms with Crippen LogP contribution in [-0.2, 0) is 4.79 Å². The molecule has 1 aliphatic rings. The number of nitrogens with one attached hydrogen (secondary N) is 1. The summed E-state index contributed by atoms with van der Waals surface area (Å²) >= 11 is 1.60. The number of carboxylic acids is 1. The number of urea groups is 1. The van der Waals surface area contributed by atoms with Crippen LogP contribution in [0.1, 0.15) is 6.42 Å². The van der Waals surface area contributed by atoms with Crippen LogP contribution in [0.4, 0.5) is 10.5 Å². The largest absolute Gasteiger partial charge is 0.481 e. The van der Waals surface area contributed by atoms with Gasteiger partial charge in [-0.2, -0.15) is 0 Å². The van der Waals surface area contributed by atoms with Crippen LogP contribution in [0.2, 0.25) is 0 Å². The number of aliphatic carboxylic acids is 1. The van der Waals surface area contributed by atoms with E-state index in [9.17, 15) is 9.59 Å². The fourth-order valence-corrected chi connectivity index (χ4v) is 2.51. The van der Waals surface area contributed by atoms with Crippen LogP contribution in [0.5, 0.6) is 0 Å². The van der Waals surface area contributed by atoms with Crippen LogP contribution in [0.15, 0.2) is 29.2 Å². The van der Waals surface area contributed by atoms with Crippen LogP contribution in [0, 0.1) is 5.92 Å². The summed E-state index contributed by atoms with van der Waals surface area (Å²) in [5.41, 5.74) is 0.732. The van der Waals surface area contributed by atoms with Crippen molar-refractivity contribution in [2.24, 2.45) is 5.92 Å². The van der Waals surface area contributed by atoms with Gasteiger partial charge in [-0.15, -0.1) is 11.8 Å². The second-order valence-electron chi connectivity index (χ2n) is 4.43. The Morgan fingerprint density at radius 3 is 2.89 bits per heavy atom. The summed E-state index contributed by atoms with van der Waals surface area (Å²) in [5.74, 6) is -1.28. The number of hydrogen-bond donors (Lipinski definition) is 2. The number of amides is 2. The monoisotopic (exact) mass is 280 g/mol. The second-order valence-corrected chi connectivity index (χ2v) is 5.31. The molecule has 0 bridgehead atoms. The number of likely N-dealkylation sites (tertiary alicyclic amines) is 1. The quantitative estimate of drug-likeness (QED) is 0.834. The van der Waals surface area contributed by atoms with Crippen molar-refractivity contribution in [1.29, 1.82) is 0 Å². The van der Waals surface area contributed by atoms with Crippen molar-refractivity contribution in [3.63, 3.8) is 0 Å². The molecule has 0 aliphatic carbocycles. The van der Waals surface area contributed by atoms with Gasteiger partial charge in [0.15, 0.2) is 0 Å². The molecule has 1 fully saturated rings. The summed E-state index contributed by atoms with van der Waals surface area (Å²) in [6.07, 6.45) is 2.49. The van der Waals surface area contributed by atoms with Crippen LogP contribution in [0.25, 0.3) is 0 Å². The molecule has 102 valence electrons. The maximum Gasteiger partial charge on any atom is 0.321 e. The first kappa shape index (κ1) is 13.7. The van der Waals surface area contributed by atoms with Crippen LogP contribution in [0.3, 0.4) is 0 Å². The number of benzene rings is 1. The molecule has 19 heavy (non-hydrogen) atoms. The molecule has 1 aliphatic heterocycles. The fourth-order valence-electron chi connectivity index (χ4n) is 2.05. The highest BCUT2D eigenvalue weighted by Crippen LogP contribution is 2.21. The maximum absolute atomic E-state index is 12.0. The lowest BCUT2D eigenvalue weighted by molar-refractivity contribution is -0.141. The molecule has 2 amide bonds. The Labute approximate surface area is 116 Å². The van der Waals surface area contributed by atoms with Crippen molar-refractivity contribution in [3.05, 3.63) is 24.3 Å². The molecule has 1 aromatic rings. The number of hydrogen-bond acceptors (Lipinski definition) is 3. The Bertz CT molecular complexity index is 493. The Morgan fingerprint density at radius 2 is 2.26 bits per heavy atom. The van der Waals surface area contributed by atoms with Crippen molar-refractivity contribution in [2.45, 2.75) is 11.3 Å². The predicted molar refractivity (Wildman–Crippen MR) is 74.6 cm³/mol. The Hall–Kier alpha value is -1.69. The zero-order valence-corrected chi connectivity index (χ0v) is 11.4. The van der Waals surface area contributed by atoms with Gasteiger partial charge >= 0.3 is 12.0 Å². The van der Waals surface area contributed by atoms with Gasteiger partial charge in [0.25, 0.3) is 0 Å². The predicted octanol–water partition coefficient (Wildman–Crippen LogP) is 2.35. The number of anilines is 1. The van der Waals surface area contributed by atoms with E-state index in [1.165, 1.54) is 0 Å². The lowest BCUT2D eigenvalue weighted by Crippen LogP contribution is -2.33. The number of thioether (sulfide) groups is 1. The van der Waals surface area contributed by atoms with Crippen molar-refractivity contribution in [3.8, 4) is 0 Å². The molecule has 0 saturated carbocycles. The molecule has 0 spiro atoms. The van der Waals surface area contributed by atoms with E-state index >= 15 is 0 Å². The van der Waals surface area contributed by atoms with E-state index < -0.39 is 11.9 Å². The SMILES string of the molecule is CSc1cccc(NC(=O)N2CCC(C(=O)O)C2)c1. The van der Waals surface area contributed by atoms with Gasteiger partial charge in [0.1, 0.15) is 0 Å². The molecule has 2 N–H and O–H groups in total. The van der Waals surface area contributed by atoms with Gasteiger partial charge in [0.2, 0.25) is 0 Å². The van der Waals surface area contributed by atoms with E-state index in [-0.39, 0.29) is 12.6 Å². The van der Waals surface area contributed by atoms with Gasteiger partial charge in [0, 0.05) is 23.7 Å². The standard InChI is InChI=1S/C13H16N2O3S/c1-19-11-4-2-3-10(7-11)14-13(18)15-6-5-9(8-15)12(16)17/h2-4,7,9H,5-6,8H2,1H3,(H,14,18)(H,16,17). The van der Waals surface area contributed by atoms with Gasteiger partial charge < -0.3 is 15.3 Å². The molecule has 2 rings (SSSR count). The Kier molecular flexibility index (Phi) is 4.31. The summed E-state index contributed by atoms with van der Waals surface area (Å²) in [6.45, 7) is 0.772. The molecule has 0 radical (unpaired) electrons. The molecule has 1 aromatic carbocycles. The van der Waals surface area contributed by atoms with E-state index in [1.54, 1.807) is 16.7 Å². The fraction of sp³-hybridized carbons (Fsp3) is 0.385. The number of rotatable bonds is 3. The normalized spacial score (nSPS) is 18.4. The topological polar surface area (TPSA) is 69.6 Å². The first-order valence-electron chi connectivity index (χ1n) is 6.03. The zero-order chi connectivity index (χ0) is 13.8. The van der Waals surface area contributed by atoms with Gasteiger partial charge in [-0.1, -0.05) is 6.07 Å². The number of nitrogens with zero attached hydrogens (tertiary/aromatic N) is 1. The molecule has 1 atom stereocenters. The molecular formula is C13H16N2O3S. The van der Waals surface area contributed by atoms with Crippen LogP contribution >= 0.6 is 11.8 Å². The average Bonchev–Trinajstić information content (AvgIpc) is 2.89. The summed E-state index contributed by atoms with van der Waals surface area (Å²) in [7, 11) is 0.